The van der Waals surface area contributed by atoms with E-state index < -0.39 is 0 Å². The minimum absolute atomic E-state index is 0.0340. The van der Waals surface area contributed by atoms with Crippen molar-refractivity contribution in [2.75, 3.05) is 26.2 Å². The topological polar surface area (TPSA) is 52.7 Å². The van der Waals surface area contributed by atoms with Gasteiger partial charge >= 0.3 is 6.03 Å². The molecule has 1 N–H and O–H groups in total. The molecule has 1 aliphatic heterocycles. The van der Waals surface area contributed by atoms with Crippen molar-refractivity contribution in [1.82, 2.24) is 15.1 Å². The molecule has 3 amide bonds. The lowest BCUT2D eigenvalue weighted by molar-refractivity contribution is -0.130. The van der Waals surface area contributed by atoms with Crippen molar-refractivity contribution < 1.29 is 9.59 Å². The summed E-state index contributed by atoms with van der Waals surface area (Å²) >= 11 is 0. The Morgan fingerprint density at radius 1 is 1.06 bits per heavy atom. The molecule has 5 nitrogen and oxygen atoms in total. The second-order valence-electron chi connectivity index (χ2n) is 5.76. The summed E-state index contributed by atoms with van der Waals surface area (Å²) in [5.74, 6) is 0.174. The fourth-order valence-corrected chi connectivity index (χ4v) is 1.99. The van der Waals surface area contributed by atoms with Crippen LogP contribution in [0.5, 0.6) is 0 Å². The van der Waals surface area contributed by atoms with Crippen LogP contribution in [-0.2, 0) is 4.79 Å². The van der Waals surface area contributed by atoms with Gasteiger partial charge in [0.05, 0.1) is 0 Å². The zero-order valence-electron chi connectivity index (χ0n) is 12.0. The zero-order valence-corrected chi connectivity index (χ0v) is 12.0. The molecule has 5 heteroatoms. The van der Waals surface area contributed by atoms with Crippen molar-refractivity contribution in [1.29, 1.82) is 0 Å². The fraction of sp³-hybridized carbons (Fsp3) is 0.846. The standard InChI is InChI=1S/C13H25N3O2/c1-5-11(17)15-7-6-8-16(10-9-15)12(18)14-13(2,3)4/h5-10H2,1-4H3,(H,14,18). The van der Waals surface area contributed by atoms with Crippen LogP contribution >= 0.6 is 0 Å². The van der Waals surface area contributed by atoms with Crippen LogP contribution in [0.2, 0.25) is 0 Å². The maximum absolute atomic E-state index is 12.0. The van der Waals surface area contributed by atoms with Crippen molar-refractivity contribution >= 4 is 11.9 Å². The monoisotopic (exact) mass is 255 g/mol. The molecule has 0 radical (unpaired) electrons. The summed E-state index contributed by atoms with van der Waals surface area (Å²) in [4.78, 5) is 27.3. The molecule has 1 fully saturated rings. The summed E-state index contributed by atoms with van der Waals surface area (Å²) < 4.78 is 0. The predicted octanol–water partition coefficient (Wildman–Crippen LogP) is 1.44. The summed E-state index contributed by atoms with van der Waals surface area (Å²) in [6.45, 7) is 10.5. The lowest BCUT2D eigenvalue weighted by Crippen LogP contribution is -2.49. The van der Waals surface area contributed by atoms with Crippen molar-refractivity contribution in [2.24, 2.45) is 0 Å². The van der Waals surface area contributed by atoms with Crippen LogP contribution in [0.25, 0.3) is 0 Å². The molecule has 0 atom stereocenters. The molecular formula is C13H25N3O2. The highest BCUT2D eigenvalue weighted by Gasteiger charge is 2.23. The van der Waals surface area contributed by atoms with Crippen LogP contribution in [0.4, 0.5) is 4.79 Å². The van der Waals surface area contributed by atoms with Gasteiger partial charge in [-0.1, -0.05) is 6.92 Å². The Bertz CT molecular complexity index is 310. The molecule has 1 aliphatic rings. The van der Waals surface area contributed by atoms with Gasteiger partial charge < -0.3 is 15.1 Å². The second kappa shape index (κ2) is 6.07. The third-order valence-electron chi connectivity index (χ3n) is 2.92. The summed E-state index contributed by atoms with van der Waals surface area (Å²) in [5.41, 5.74) is -0.220. The van der Waals surface area contributed by atoms with Crippen LogP contribution in [-0.4, -0.2) is 53.5 Å². The van der Waals surface area contributed by atoms with Crippen LogP contribution in [0.3, 0.4) is 0 Å². The van der Waals surface area contributed by atoms with Gasteiger partial charge in [0.25, 0.3) is 0 Å². The first-order valence-electron chi connectivity index (χ1n) is 6.68. The van der Waals surface area contributed by atoms with Crippen LogP contribution in [0.1, 0.15) is 40.5 Å². The Morgan fingerprint density at radius 2 is 1.61 bits per heavy atom. The van der Waals surface area contributed by atoms with Gasteiger partial charge in [-0.05, 0) is 27.2 Å². The molecule has 0 spiro atoms. The highest BCUT2D eigenvalue weighted by Crippen LogP contribution is 2.07. The number of amides is 3. The number of urea groups is 1. The number of rotatable bonds is 1. The Kier molecular flexibility index (Phi) is 4.99. The molecule has 0 saturated carbocycles. The Labute approximate surface area is 110 Å². The first kappa shape index (κ1) is 14.8. The van der Waals surface area contributed by atoms with Crippen molar-refractivity contribution in [3.05, 3.63) is 0 Å². The molecule has 18 heavy (non-hydrogen) atoms. The van der Waals surface area contributed by atoms with Gasteiger partial charge in [0.15, 0.2) is 0 Å². The van der Waals surface area contributed by atoms with Gasteiger partial charge in [0.2, 0.25) is 5.91 Å². The molecule has 1 rings (SSSR count). The fourth-order valence-electron chi connectivity index (χ4n) is 1.99. The molecule has 0 aromatic rings. The molecular weight excluding hydrogens is 230 g/mol. The lowest BCUT2D eigenvalue weighted by atomic mass is 10.1. The maximum atomic E-state index is 12.0. The van der Waals surface area contributed by atoms with E-state index >= 15 is 0 Å². The first-order chi connectivity index (χ1) is 8.33. The number of carbonyl (C=O) groups excluding carboxylic acids is 2. The number of carbonyl (C=O) groups is 2. The summed E-state index contributed by atoms with van der Waals surface area (Å²) in [7, 11) is 0. The van der Waals surface area contributed by atoms with Gasteiger partial charge in [-0.15, -0.1) is 0 Å². The minimum Gasteiger partial charge on any atom is -0.341 e. The van der Waals surface area contributed by atoms with Crippen molar-refractivity contribution in [3.63, 3.8) is 0 Å². The third-order valence-corrected chi connectivity index (χ3v) is 2.92. The Morgan fingerprint density at radius 3 is 2.17 bits per heavy atom. The van der Waals surface area contributed by atoms with E-state index in [0.717, 1.165) is 19.5 Å². The smallest absolute Gasteiger partial charge is 0.317 e. The third kappa shape index (κ3) is 4.55. The average Bonchev–Trinajstić information content (AvgIpc) is 2.51. The van der Waals surface area contributed by atoms with Crippen LogP contribution in [0, 0.1) is 0 Å². The highest BCUT2D eigenvalue weighted by molar-refractivity contribution is 5.77. The summed E-state index contributed by atoms with van der Waals surface area (Å²) in [5, 5.41) is 2.96. The molecule has 1 heterocycles. The molecule has 0 unspecified atom stereocenters. The Balaban J connectivity index is 2.51. The summed E-state index contributed by atoms with van der Waals surface area (Å²) in [6, 6.07) is -0.0340. The van der Waals surface area contributed by atoms with E-state index in [4.69, 9.17) is 0 Å². The second-order valence-corrected chi connectivity index (χ2v) is 5.76. The van der Waals surface area contributed by atoms with E-state index in [9.17, 15) is 9.59 Å². The molecule has 0 aliphatic carbocycles. The normalized spacial score (nSPS) is 17.3. The number of nitrogens with zero attached hydrogens (tertiary/aromatic N) is 2. The van der Waals surface area contributed by atoms with Crippen molar-refractivity contribution in [3.8, 4) is 0 Å². The van der Waals surface area contributed by atoms with E-state index in [1.54, 1.807) is 4.90 Å². The van der Waals surface area contributed by atoms with Crippen molar-refractivity contribution in [2.45, 2.75) is 46.1 Å². The SMILES string of the molecule is CCC(=O)N1CCCN(C(=O)NC(C)(C)C)CC1. The van der Waals surface area contributed by atoms with E-state index in [0.29, 0.717) is 19.5 Å². The van der Waals surface area contributed by atoms with E-state index in [1.165, 1.54) is 0 Å². The molecule has 1 saturated heterocycles. The number of nitrogens with one attached hydrogen (secondary N) is 1. The predicted molar refractivity (Wildman–Crippen MR) is 71.3 cm³/mol. The molecule has 0 aromatic carbocycles. The van der Waals surface area contributed by atoms with E-state index in [2.05, 4.69) is 5.32 Å². The largest absolute Gasteiger partial charge is 0.341 e. The number of hydrogen-bond donors (Lipinski definition) is 1. The van der Waals surface area contributed by atoms with E-state index in [-0.39, 0.29) is 17.5 Å². The molecule has 0 bridgehead atoms. The van der Waals surface area contributed by atoms with Gasteiger partial charge in [-0.25, -0.2) is 4.79 Å². The Hall–Kier alpha value is -1.26. The lowest BCUT2D eigenvalue weighted by Gasteiger charge is -2.27. The zero-order chi connectivity index (χ0) is 13.8. The van der Waals surface area contributed by atoms with Gasteiger partial charge in [-0.2, -0.15) is 0 Å². The van der Waals surface area contributed by atoms with Gasteiger partial charge in [0, 0.05) is 38.1 Å². The van der Waals surface area contributed by atoms with Crippen LogP contribution < -0.4 is 5.32 Å². The van der Waals surface area contributed by atoms with E-state index in [1.807, 2.05) is 32.6 Å². The quantitative estimate of drug-likeness (QED) is 0.771. The maximum Gasteiger partial charge on any atom is 0.317 e. The summed E-state index contributed by atoms with van der Waals surface area (Å²) in [6.07, 6.45) is 1.39. The number of hydrogen-bond acceptors (Lipinski definition) is 2. The van der Waals surface area contributed by atoms with Crippen LogP contribution in [0.15, 0.2) is 0 Å². The minimum atomic E-state index is -0.220. The van der Waals surface area contributed by atoms with Gasteiger partial charge in [-0.3, -0.25) is 4.79 Å². The first-order valence-corrected chi connectivity index (χ1v) is 6.68. The molecule has 104 valence electrons. The average molecular weight is 255 g/mol. The molecule has 0 aromatic heterocycles. The highest BCUT2D eigenvalue weighted by atomic mass is 16.2. The van der Waals surface area contributed by atoms with Gasteiger partial charge in [0.1, 0.15) is 0 Å².